The molecule has 3 aromatic carbocycles. The first-order chi connectivity index (χ1) is 16.8. The van der Waals surface area contributed by atoms with Crippen molar-refractivity contribution in [2.24, 2.45) is 0 Å². The molecule has 0 saturated carbocycles. The van der Waals surface area contributed by atoms with Crippen LogP contribution in [0, 0.1) is 0 Å². The summed E-state index contributed by atoms with van der Waals surface area (Å²) in [7, 11) is -1.22. The lowest BCUT2D eigenvalue weighted by atomic mass is 10.1. The molecule has 0 aliphatic heterocycles. The maximum atomic E-state index is 13.6. The topological polar surface area (TPSA) is 106 Å². The summed E-state index contributed by atoms with van der Waals surface area (Å²) in [6.07, 6.45) is 0. The minimum atomic E-state index is -4.02. The minimum absolute atomic E-state index is 0.00281. The first-order valence-corrected chi connectivity index (χ1v) is 12.2. The predicted octanol–water partition coefficient (Wildman–Crippen LogP) is 3.71. The quantitative estimate of drug-likeness (QED) is 0.376. The molecule has 9 heteroatoms. The summed E-state index contributed by atoms with van der Waals surface area (Å²) < 4.78 is 38.4. The number of carbonyl (C=O) groups excluding carboxylic acids is 1. The van der Waals surface area contributed by atoms with Crippen molar-refractivity contribution in [3.05, 3.63) is 106 Å². The van der Waals surface area contributed by atoms with Crippen LogP contribution in [0.2, 0.25) is 0 Å². The highest BCUT2D eigenvalue weighted by molar-refractivity contribution is 7.89. The van der Waals surface area contributed by atoms with Crippen molar-refractivity contribution in [2.45, 2.75) is 18.0 Å². The Morgan fingerprint density at radius 1 is 0.914 bits per heavy atom. The van der Waals surface area contributed by atoms with Crippen LogP contribution in [0.25, 0.3) is 10.9 Å². The number of pyridine rings is 1. The van der Waals surface area contributed by atoms with Crippen LogP contribution in [0.15, 0.2) is 88.6 Å². The van der Waals surface area contributed by atoms with Gasteiger partial charge in [0.1, 0.15) is 5.75 Å². The van der Waals surface area contributed by atoms with Gasteiger partial charge in [-0.1, -0.05) is 30.3 Å². The van der Waals surface area contributed by atoms with Crippen molar-refractivity contribution in [2.75, 3.05) is 14.2 Å². The molecule has 0 unspecified atom stereocenters. The van der Waals surface area contributed by atoms with Gasteiger partial charge in [-0.25, -0.2) is 13.2 Å². The Kier molecular flexibility index (Phi) is 6.99. The van der Waals surface area contributed by atoms with E-state index >= 15 is 0 Å². The van der Waals surface area contributed by atoms with E-state index < -0.39 is 16.0 Å². The van der Waals surface area contributed by atoms with E-state index in [1.807, 2.05) is 30.3 Å². The second-order valence-electron chi connectivity index (χ2n) is 7.85. The fraction of sp³-hybridized carbons (Fsp3) is 0.154. The monoisotopic (exact) mass is 492 g/mol. The number of aromatic nitrogens is 1. The molecule has 0 amide bonds. The van der Waals surface area contributed by atoms with E-state index in [0.717, 1.165) is 10.9 Å². The number of benzene rings is 3. The smallest absolute Gasteiger partial charge is 0.337 e. The standard InChI is InChI=1S/C26H24N2O6S/c1-33-22-11-8-20-14-21(25(29)27-24(20)15-22)17-28(16-18-6-4-3-5-7-18)35(31,32)23-12-9-19(10-13-23)26(30)34-2/h3-15H,16-17H2,1-2H3,(H,27,29). The SMILES string of the molecule is COC(=O)c1ccc(S(=O)(=O)N(Cc2ccccc2)Cc2cc3ccc(OC)cc3[nH]c2=O)cc1. The molecule has 4 rings (SSSR count). The highest BCUT2D eigenvalue weighted by Crippen LogP contribution is 2.23. The lowest BCUT2D eigenvalue weighted by Crippen LogP contribution is -2.32. The van der Waals surface area contributed by atoms with Crippen molar-refractivity contribution in [3.63, 3.8) is 0 Å². The zero-order valence-electron chi connectivity index (χ0n) is 19.2. The molecule has 1 N–H and O–H groups in total. The van der Waals surface area contributed by atoms with Gasteiger partial charge < -0.3 is 14.5 Å². The molecule has 0 atom stereocenters. The Balaban J connectivity index is 1.74. The molecule has 0 radical (unpaired) electrons. The summed E-state index contributed by atoms with van der Waals surface area (Å²) in [5.41, 5.74) is 1.51. The van der Waals surface area contributed by atoms with E-state index in [0.29, 0.717) is 16.8 Å². The average Bonchev–Trinajstić information content (AvgIpc) is 2.88. The molecule has 0 spiro atoms. The van der Waals surface area contributed by atoms with E-state index in [9.17, 15) is 18.0 Å². The van der Waals surface area contributed by atoms with Crippen LogP contribution in [0.3, 0.4) is 0 Å². The minimum Gasteiger partial charge on any atom is -0.497 e. The molecule has 8 nitrogen and oxygen atoms in total. The van der Waals surface area contributed by atoms with Crippen molar-refractivity contribution in [3.8, 4) is 5.75 Å². The van der Waals surface area contributed by atoms with Crippen LogP contribution in [0.4, 0.5) is 0 Å². The Bertz CT molecular complexity index is 1510. The number of hydrogen-bond donors (Lipinski definition) is 1. The number of nitrogens with one attached hydrogen (secondary N) is 1. The summed E-state index contributed by atoms with van der Waals surface area (Å²) in [6.45, 7) is -0.0880. The largest absolute Gasteiger partial charge is 0.497 e. The number of nitrogens with zero attached hydrogens (tertiary/aromatic N) is 1. The Morgan fingerprint density at radius 2 is 1.63 bits per heavy atom. The summed E-state index contributed by atoms with van der Waals surface area (Å²) in [5.74, 6) is 0.0407. The molecule has 0 fully saturated rings. The van der Waals surface area contributed by atoms with Crippen LogP contribution < -0.4 is 10.3 Å². The first kappa shape index (κ1) is 24.2. The summed E-state index contributed by atoms with van der Waals surface area (Å²) >= 11 is 0. The third kappa shape index (κ3) is 5.26. The fourth-order valence-corrected chi connectivity index (χ4v) is 5.11. The first-order valence-electron chi connectivity index (χ1n) is 10.7. The highest BCUT2D eigenvalue weighted by atomic mass is 32.2. The number of methoxy groups -OCH3 is 2. The maximum Gasteiger partial charge on any atom is 0.337 e. The predicted molar refractivity (Wildman–Crippen MR) is 132 cm³/mol. The van der Waals surface area contributed by atoms with Crippen LogP contribution in [0.1, 0.15) is 21.5 Å². The van der Waals surface area contributed by atoms with Crippen molar-refractivity contribution < 1.29 is 22.7 Å². The van der Waals surface area contributed by atoms with Gasteiger partial charge in [0.05, 0.1) is 30.2 Å². The molecule has 0 aliphatic carbocycles. The number of esters is 1. The number of hydrogen-bond acceptors (Lipinski definition) is 6. The van der Waals surface area contributed by atoms with Crippen LogP contribution in [-0.2, 0) is 27.8 Å². The normalized spacial score (nSPS) is 11.5. The van der Waals surface area contributed by atoms with Gasteiger partial charge in [-0.05, 0) is 53.4 Å². The van der Waals surface area contributed by atoms with Crippen molar-refractivity contribution >= 4 is 26.9 Å². The van der Waals surface area contributed by atoms with E-state index in [1.54, 1.807) is 24.3 Å². The highest BCUT2D eigenvalue weighted by Gasteiger charge is 2.26. The zero-order chi connectivity index (χ0) is 25.0. The van der Waals surface area contributed by atoms with Crippen LogP contribution in [-0.4, -0.2) is 37.9 Å². The van der Waals surface area contributed by atoms with E-state index in [-0.39, 0.29) is 29.1 Å². The van der Waals surface area contributed by atoms with Crippen LogP contribution >= 0.6 is 0 Å². The van der Waals surface area contributed by atoms with Gasteiger partial charge in [0.25, 0.3) is 5.56 Å². The number of rotatable bonds is 8. The van der Waals surface area contributed by atoms with Gasteiger partial charge in [0, 0.05) is 24.7 Å². The molecule has 1 aromatic heterocycles. The average molecular weight is 493 g/mol. The van der Waals surface area contributed by atoms with Gasteiger partial charge >= 0.3 is 5.97 Å². The summed E-state index contributed by atoms with van der Waals surface area (Å²) in [6, 6.07) is 21.6. The second-order valence-corrected chi connectivity index (χ2v) is 9.79. The van der Waals surface area contributed by atoms with Gasteiger partial charge in [0.2, 0.25) is 10.0 Å². The number of carbonyl (C=O) groups is 1. The molecule has 180 valence electrons. The second kappa shape index (κ2) is 10.1. The molecule has 0 bridgehead atoms. The van der Waals surface area contributed by atoms with Gasteiger partial charge in [0.15, 0.2) is 0 Å². The zero-order valence-corrected chi connectivity index (χ0v) is 20.0. The van der Waals surface area contributed by atoms with Gasteiger partial charge in [-0.15, -0.1) is 0 Å². The van der Waals surface area contributed by atoms with Crippen molar-refractivity contribution in [1.29, 1.82) is 0 Å². The molecule has 0 saturated heterocycles. The van der Waals surface area contributed by atoms with E-state index in [4.69, 9.17) is 4.74 Å². The fourth-order valence-electron chi connectivity index (χ4n) is 3.70. The Hall–Kier alpha value is -3.95. The third-order valence-corrected chi connectivity index (χ3v) is 7.40. The lowest BCUT2D eigenvalue weighted by Gasteiger charge is -2.22. The number of aromatic amines is 1. The Labute approximate surface area is 202 Å². The number of H-pyrrole nitrogens is 1. The van der Waals surface area contributed by atoms with Crippen molar-refractivity contribution in [1.82, 2.24) is 9.29 Å². The van der Waals surface area contributed by atoms with E-state index in [1.165, 1.54) is 42.8 Å². The van der Waals surface area contributed by atoms with E-state index in [2.05, 4.69) is 9.72 Å². The molecule has 1 heterocycles. The van der Waals surface area contributed by atoms with Crippen LogP contribution in [0.5, 0.6) is 5.75 Å². The summed E-state index contributed by atoms with van der Waals surface area (Å²) in [4.78, 5) is 27.4. The number of fused-ring (bicyclic) bond motifs is 1. The number of ether oxygens (including phenoxy) is 2. The Morgan fingerprint density at radius 3 is 2.29 bits per heavy atom. The third-order valence-electron chi connectivity index (χ3n) is 5.59. The molecule has 35 heavy (non-hydrogen) atoms. The van der Waals surface area contributed by atoms with Gasteiger partial charge in [-0.2, -0.15) is 4.31 Å². The molecule has 0 aliphatic rings. The lowest BCUT2D eigenvalue weighted by molar-refractivity contribution is 0.0600. The molecule has 4 aromatic rings. The summed E-state index contributed by atoms with van der Waals surface area (Å²) in [5, 5.41) is 0.750. The number of sulfonamides is 1. The van der Waals surface area contributed by atoms with Gasteiger partial charge in [-0.3, -0.25) is 4.79 Å². The molecular formula is C26H24N2O6S. The molecular weight excluding hydrogens is 468 g/mol. The maximum absolute atomic E-state index is 13.6.